The van der Waals surface area contributed by atoms with Gasteiger partial charge in [0, 0.05) is 19.1 Å². The second-order valence-electron chi connectivity index (χ2n) is 4.81. The largest absolute Gasteiger partial charge is 0.480 e. The van der Waals surface area contributed by atoms with Crippen molar-refractivity contribution in [3.63, 3.8) is 0 Å². The lowest BCUT2D eigenvalue weighted by atomic mass is 10.1. The van der Waals surface area contributed by atoms with Crippen molar-refractivity contribution in [2.45, 2.75) is 51.1 Å². The van der Waals surface area contributed by atoms with Gasteiger partial charge in [-0.2, -0.15) is 0 Å². The van der Waals surface area contributed by atoms with Crippen LogP contribution >= 0.6 is 0 Å². The number of nitrogens with one attached hydrogen (secondary N) is 2. The van der Waals surface area contributed by atoms with E-state index in [1.807, 2.05) is 6.92 Å². The predicted octanol–water partition coefficient (Wildman–Crippen LogP) is 0.700. The Morgan fingerprint density at radius 3 is 2.44 bits per heavy atom. The minimum atomic E-state index is -1.13. The number of aliphatic hydroxyl groups is 1. The number of rotatable bonds is 8. The van der Waals surface area contributed by atoms with Gasteiger partial charge in [-0.1, -0.05) is 19.8 Å². The molecule has 1 rings (SSSR count). The van der Waals surface area contributed by atoms with Crippen molar-refractivity contribution < 1.29 is 19.8 Å². The van der Waals surface area contributed by atoms with Crippen LogP contribution in [0.5, 0.6) is 0 Å². The molecule has 0 radical (unpaired) electrons. The topological polar surface area (TPSA) is 98.7 Å². The molecule has 0 aromatic rings. The molecular weight excluding hydrogens is 236 g/mol. The van der Waals surface area contributed by atoms with Gasteiger partial charge in [-0.25, -0.2) is 9.59 Å². The van der Waals surface area contributed by atoms with Crippen LogP contribution in [0, 0.1) is 5.92 Å². The molecule has 18 heavy (non-hydrogen) atoms. The summed E-state index contributed by atoms with van der Waals surface area (Å²) in [6, 6.07) is -1.40. The third kappa shape index (κ3) is 5.35. The molecule has 1 fully saturated rings. The highest BCUT2D eigenvalue weighted by atomic mass is 16.4. The lowest BCUT2D eigenvalue weighted by molar-refractivity contribution is -0.139. The maximum absolute atomic E-state index is 11.6. The third-order valence-electron chi connectivity index (χ3n) is 3.16. The van der Waals surface area contributed by atoms with Gasteiger partial charge in [0.2, 0.25) is 0 Å². The van der Waals surface area contributed by atoms with E-state index in [9.17, 15) is 9.59 Å². The number of carbonyl (C=O) groups is 2. The van der Waals surface area contributed by atoms with Crippen LogP contribution in [0.2, 0.25) is 0 Å². The molecule has 0 aliphatic heterocycles. The van der Waals surface area contributed by atoms with E-state index in [1.165, 1.54) is 12.8 Å². The summed E-state index contributed by atoms with van der Waals surface area (Å²) in [4.78, 5) is 22.5. The molecule has 0 aromatic carbocycles. The van der Waals surface area contributed by atoms with E-state index in [0.29, 0.717) is 5.92 Å². The maximum Gasteiger partial charge on any atom is 0.326 e. The summed E-state index contributed by atoms with van der Waals surface area (Å²) in [6.07, 6.45) is 4.26. The summed E-state index contributed by atoms with van der Waals surface area (Å²) < 4.78 is 0. The van der Waals surface area contributed by atoms with Gasteiger partial charge in [-0.3, -0.25) is 0 Å². The van der Waals surface area contributed by atoms with Crippen molar-refractivity contribution in [3.05, 3.63) is 0 Å². The van der Waals surface area contributed by atoms with Crippen LogP contribution in [-0.4, -0.2) is 40.9 Å². The number of amides is 2. The van der Waals surface area contributed by atoms with Crippen molar-refractivity contribution in [3.8, 4) is 0 Å². The van der Waals surface area contributed by atoms with E-state index in [1.54, 1.807) is 0 Å². The molecule has 0 saturated heterocycles. The van der Waals surface area contributed by atoms with Crippen LogP contribution < -0.4 is 10.6 Å². The molecule has 1 unspecified atom stereocenters. The molecule has 1 aliphatic rings. The molecule has 1 saturated carbocycles. The Labute approximate surface area is 107 Å². The fourth-order valence-electron chi connectivity index (χ4n) is 1.86. The Balaban J connectivity index is 2.34. The lowest BCUT2D eigenvalue weighted by Gasteiger charge is -2.19. The van der Waals surface area contributed by atoms with Crippen molar-refractivity contribution >= 4 is 12.0 Å². The Morgan fingerprint density at radius 1 is 1.33 bits per heavy atom. The Bertz CT molecular complexity index is 292. The Hall–Kier alpha value is -1.30. The molecule has 104 valence electrons. The monoisotopic (exact) mass is 258 g/mol. The highest BCUT2D eigenvalue weighted by Gasteiger charge is 2.26. The summed E-state index contributed by atoms with van der Waals surface area (Å²) in [7, 11) is 0. The summed E-state index contributed by atoms with van der Waals surface area (Å²) in [5, 5.41) is 22.7. The minimum absolute atomic E-state index is 0.0160. The molecule has 0 spiro atoms. The SMILES string of the molecule is CCC(CC1CC1)NC(=O)N[C@H](CCO)C(=O)O. The number of carbonyl (C=O) groups excluding carboxylic acids is 1. The molecule has 0 aromatic heterocycles. The molecule has 1 aliphatic carbocycles. The van der Waals surface area contributed by atoms with Gasteiger partial charge in [0.15, 0.2) is 0 Å². The fraction of sp³-hybridized carbons (Fsp3) is 0.833. The van der Waals surface area contributed by atoms with Gasteiger partial charge in [0.25, 0.3) is 0 Å². The zero-order chi connectivity index (χ0) is 13.5. The summed E-state index contributed by atoms with van der Waals surface area (Å²) >= 11 is 0. The van der Waals surface area contributed by atoms with Gasteiger partial charge in [0.1, 0.15) is 6.04 Å². The molecule has 6 nitrogen and oxygen atoms in total. The highest BCUT2D eigenvalue weighted by Crippen LogP contribution is 2.33. The van der Waals surface area contributed by atoms with E-state index in [0.717, 1.165) is 12.8 Å². The number of hydrogen-bond donors (Lipinski definition) is 4. The average molecular weight is 258 g/mol. The van der Waals surface area contributed by atoms with E-state index in [4.69, 9.17) is 10.2 Å². The average Bonchev–Trinajstić information content (AvgIpc) is 3.11. The lowest BCUT2D eigenvalue weighted by Crippen LogP contribution is -2.49. The third-order valence-corrected chi connectivity index (χ3v) is 3.16. The van der Waals surface area contributed by atoms with E-state index in [-0.39, 0.29) is 19.1 Å². The highest BCUT2D eigenvalue weighted by molar-refractivity contribution is 5.82. The van der Waals surface area contributed by atoms with Crippen molar-refractivity contribution in [1.29, 1.82) is 0 Å². The summed E-state index contributed by atoms with van der Waals surface area (Å²) in [6.45, 7) is 1.73. The number of urea groups is 1. The van der Waals surface area contributed by atoms with Gasteiger partial charge in [0.05, 0.1) is 0 Å². The van der Waals surface area contributed by atoms with Gasteiger partial charge in [-0.05, 0) is 18.8 Å². The standard InChI is InChI=1S/C12H22N2O4/c1-2-9(7-8-3-4-8)13-12(18)14-10(5-6-15)11(16)17/h8-10,15H,2-7H2,1H3,(H,16,17)(H2,13,14,18)/t9?,10-/m1/s1. The van der Waals surface area contributed by atoms with Gasteiger partial charge in [-0.15, -0.1) is 0 Å². The molecule has 0 heterocycles. The zero-order valence-corrected chi connectivity index (χ0v) is 10.7. The normalized spacial score (nSPS) is 17.9. The van der Waals surface area contributed by atoms with Crippen molar-refractivity contribution in [1.82, 2.24) is 10.6 Å². The first kappa shape index (κ1) is 14.8. The number of carboxylic acids is 1. The summed E-state index contributed by atoms with van der Waals surface area (Å²) in [5.41, 5.74) is 0. The molecule has 4 N–H and O–H groups in total. The van der Waals surface area contributed by atoms with Crippen LogP contribution in [0.4, 0.5) is 4.79 Å². The smallest absolute Gasteiger partial charge is 0.326 e. The number of aliphatic carboxylic acids is 1. The van der Waals surface area contributed by atoms with Gasteiger partial charge >= 0.3 is 12.0 Å². The van der Waals surface area contributed by atoms with Crippen LogP contribution in [0.1, 0.15) is 39.0 Å². The molecule has 0 bridgehead atoms. The van der Waals surface area contributed by atoms with Crippen LogP contribution in [0.3, 0.4) is 0 Å². The van der Waals surface area contributed by atoms with Crippen LogP contribution in [0.15, 0.2) is 0 Å². The van der Waals surface area contributed by atoms with E-state index < -0.39 is 18.0 Å². The number of hydrogen-bond acceptors (Lipinski definition) is 3. The maximum atomic E-state index is 11.6. The van der Waals surface area contributed by atoms with E-state index >= 15 is 0 Å². The van der Waals surface area contributed by atoms with Crippen molar-refractivity contribution in [2.75, 3.05) is 6.61 Å². The summed E-state index contributed by atoms with van der Waals surface area (Å²) in [5.74, 6) is -0.419. The Morgan fingerprint density at radius 2 is 2.00 bits per heavy atom. The first-order chi connectivity index (χ1) is 8.56. The van der Waals surface area contributed by atoms with Gasteiger partial charge < -0.3 is 20.8 Å². The second-order valence-corrected chi connectivity index (χ2v) is 4.81. The zero-order valence-electron chi connectivity index (χ0n) is 10.7. The first-order valence-corrected chi connectivity index (χ1v) is 6.47. The van der Waals surface area contributed by atoms with E-state index in [2.05, 4.69) is 10.6 Å². The number of carboxylic acid groups (broad SMARTS) is 1. The molecular formula is C12H22N2O4. The van der Waals surface area contributed by atoms with Crippen molar-refractivity contribution in [2.24, 2.45) is 5.92 Å². The Kier molecular flexibility index (Phi) is 5.91. The molecule has 6 heteroatoms. The predicted molar refractivity (Wildman–Crippen MR) is 66.2 cm³/mol. The fourth-order valence-corrected chi connectivity index (χ4v) is 1.86. The molecule has 2 atom stereocenters. The second kappa shape index (κ2) is 7.20. The van der Waals surface area contributed by atoms with Crippen LogP contribution in [-0.2, 0) is 4.79 Å². The minimum Gasteiger partial charge on any atom is -0.480 e. The van der Waals surface area contributed by atoms with Crippen LogP contribution in [0.25, 0.3) is 0 Å². The molecule has 2 amide bonds. The number of aliphatic hydroxyl groups excluding tert-OH is 1. The quantitative estimate of drug-likeness (QED) is 0.515. The first-order valence-electron chi connectivity index (χ1n) is 6.47.